The van der Waals surface area contributed by atoms with Gasteiger partial charge in [-0.05, 0) is 23.6 Å². The Hall–Kier alpha value is -1.65. The van der Waals surface area contributed by atoms with Crippen molar-refractivity contribution in [3.63, 3.8) is 0 Å². The van der Waals surface area contributed by atoms with Crippen LogP contribution in [-0.2, 0) is 16.6 Å². The molecule has 8 heteroatoms. The van der Waals surface area contributed by atoms with Crippen LogP contribution in [0.4, 0.5) is 0 Å². The van der Waals surface area contributed by atoms with E-state index in [1.807, 2.05) is 18.2 Å². The number of rotatable bonds is 5. The fraction of sp³-hybridized carbons (Fsp3) is 0.381. The van der Waals surface area contributed by atoms with Crippen molar-refractivity contribution in [2.24, 2.45) is 4.99 Å². The summed E-state index contributed by atoms with van der Waals surface area (Å²) in [5.41, 5.74) is 2.08. The van der Waals surface area contributed by atoms with Gasteiger partial charge in [0, 0.05) is 46.7 Å². The predicted octanol–water partition coefficient (Wildman–Crippen LogP) is 3.12. The van der Waals surface area contributed by atoms with Crippen molar-refractivity contribution in [1.82, 2.24) is 14.5 Å². The van der Waals surface area contributed by atoms with E-state index in [9.17, 15) is 8.42 Å². The summed E-state index contributed by atoms with van der Waals surface area (Å²) in [5, 5.41) is 3.34. The lowest BCUT2D eigenvalue weighted by Crippen LogP contribution is -2.39. The standard InChI is InChI=1S/C21H28N4O2S.HI/c1-22-21(25-14-13-19(16-25)17-9-5-4-6-10-17)23-15-18-11-7-8-12-20(18)28(26,27)24(2)3;/h4-12,19H,13-16H2,1-3H3,(H,22,23);1H. The molecule has 6 nitrogen and oxygen atoms in total. The van der Waals surface area contributed by atoms with Crippen LogP contribution < -0.4 is 5.32 Å². The minimum Gasteiger partial charge on any atom is -0.352 e. The summed E-state index contributed by atoms with van der Waals surface area (Å²) in [6.07, 6.45) is 1.08. The SMILES string of the molecule is CN=C(NCc1ccccc1S(=O)(=O)N(C)C)N1CCC(c2ccccc2)C1.I. The average Bonchev–Trinajstić information content (AvgIpc) is 3.19. The third-order valence-corrected chi connectivity index (χ3v) is 7.05. The summed E-state index contributed by atoms with van der Waals surface area (Å²) in [6.45, 7) is 2.24. The summed E-state index contributed by atoms with van der Waals surface area (Å²) in [4.78, 5) is 6.97. The molecule has 1 saturated heterocycles. The molecule has 0 radical (unpaired) electrons. The van der Waals surface area contributed by atoms with E-state index in [1.165, 1.54) is 9.87 Å². The zero-order valence-corrected chi connectivity index (χ0v) is 20.2. The van der Waals surface area contributed by atoms with Crippen LogP contribution in [0.2, 0.25) is 0 Å². The molecule has 1 aliphatic heterocycles. The molecule has 0 aromatic heterocycles. The van der Waals surface area contributed by atoms with Crippen molar-refractivity contribution in [3.8, 4) is 0 Å². The zero-order valence-electron chi connectivity index (χ0n) is 17.1. The third-order valence-electron chi connectivity index (χ3n) is 5.14. The van der Waals surface area contributed by atoms with Gasteiger partial charge in [-0.25, -0.2) is 12.7 Å². The maximum absolute atomic E-state index is 12.6. The van der Waals surface area contributed by atoms with Crippen molar-refractivity contribution in [2.45, 2.75) is 23.8 Å². The predicted molar refractivity (Wildman–Crippen MR) is 128 cm³/mol. The first-order valence-corrected chi connectivity index (χ1v) is 10.9. The Morgan fingerprint density at radius 1 is 1.14 bits per heavy atom. The van der Waals surface area contributed by atoms with Crippen LogP contribution in [0.25, 0.3) is 0 Å². The number of halogens is 1. The number of nitrogens with zero attached hydrogens (tertiary/aromatic N) is 3. The molecule has 29 heavy (non-hydrogen) atoms. The highest BCUT2D eigenvalue weighted by Crippen LogP contribution is 2.27. The summed E-state index contributed by atoms with van der Waals surface area (Å²) < 4.78 is 26.4. The van der Waals surface area contributed by atoms with E-state index in [0.29, 0.717) is 17.4 Å². The zero-order chi connectivity index (χ0) is 20.1. The third kappa shape index (κ3) is 5.49. The molecule has 1 atom stereocenters. The van der Waals surface area contributed by atoms with Crippen LogP contribution in [-0.4, -0.2) is 57.8 Å². The Morgan fingerprint density at radius 2 is 1.79 bits per heavy atom. The van der Waals surface area contributed by atoms with Crippen molar-refractivity contribution in [1.29, 1.82) is 0 Å². The van der Waals surface area contributed by atoms with E-state index in [4.69, 9.17) is 0 Å². The van der Waals surface area contributed by atoms with Gasteiger partial charge in [-0.15, -0.1) is 24.0 Å². The van der Waals surface area contributed by atoms with Gasteiger partial charge in [-0.3, -0.25) is 4.99 Å². The lowest BCUT2D eigenvalue weighted by Gasteiger charge is -2.23. The molecule has 0 saturated carbocycles. The number of hydrogen-bond donors (Lipinski definition) is 1. The number of benzene rings is 2. The molecule has 3 rings (SSSR count). The van der Waals surface area contributed by atoms with E-state index in [2.05, 4.69) is 39.5 Å². The summed E-state index contributed by atoms with van der Waals surface area (Å²) >= 11 is 0. The molecule has 1 heterocycles. The van der Waals surface area contributed by atoms with Crippen molar-refractivity contribution >= 4 is 40.0 Å². The van der Waals surface area contributed by atoms with Crippen molar-refractivity contribution in [2.75, 3.05) is 34.2 Å². The van der Waals surface area contributed by atoms with Gasteiger partial charge in [-0.1, -0.05) is 48.5 Å². The van der Waals surface area contributed by atoms with Crippen molar-refractivity contribution < 1.29 is 8.42 Å². The molecule has 158 valence electrons. The lowest BCUT2D eigenvalue weighted by atomic mass is 9.99. The van der Waals surface area contributed by atoms with E-state index < -0.39 is 10.0 Å². The molecule has 1 unspecified atom stereocenters. The first-order valence-electron chi connectivity index (χ1n) is 9.44. The van der Waals surface area contributed by atoms with Crippen LogP contribution in [0.3, 0.4) is 0 Å². The molecule has 1 aliphatic rings. The van der Waals surface area contributed by atoms with Gasteiger partial charge in [-0.2, -0.15) is 0 Å². The molecular formula is C21H29IN4O2S. The number of hydrogen-bond acceptors (Lipinski definition) is 3. The largest absolute Gasteiger partial charge is 0.352 e. The number of likely N-dealkylation sites (tertiary alicyclic amines) is 1. The quantitative estimate of drug-likeness (QED) is 0.368. The van der Waals surface area contributed by atoms with Gasteiger partial charge in [0.05, 0.1) is 4.90 Å². The molecule has 0 amide bonds. The molecule has 0 bridgehead atoms. The highest BCUT2D eigenvalue weighted by molar-refractivity contribution is 14.0. The Morgan fingerprint density at radius 3 is 2.45 bits per heavy atom. The molecule has 1 fully saturated rings. The summed E-state index contributed by atoms with van der Waals surface area (Å²) in [7, 11) is 1.37. The number of nitrogens with one attached hydrogen (secondary N) is 1. The Bertz CT molecular complexity index is 933. The molecule has 1 N–H and O–H groups in total. The van der Waals surface area contributed by atoms with Gasteiger partial charge in [0.15, 0.2) is 5.96 Å². The van der Waals surface area contributed by atoms with Crippen LogP contribution in [0.1, 0.15) is 23.5 Å². The smallest absolute Gasteiger partial charge is 0.242 e. The second-order valence-electron chi connectivity index (χ2n) is 7.14. The molecule has 2 aromatic rings. The number of aliphatic imine (C=N–C) groups is 1. The topological polar surface area (TPSA) is 65.0 Å². The van der Waals surface area contributed by atoms with Gasteiger partial charge in [0.25, 0.3) is 0 Å². The van der Waals surface area contributed by atoms with Crippen LogP contribution in [0, 0.1) is 0 Å². The number of guanidine groups is 1. The van der Waals surface area contributed by atoms with Gasteiger partial charge < -0.3 is 10.2 Å². The maximum Gasteiger partial charge on any atom is 0.242 e. The van der Waals surface area contributed by atoms with Gasteiger partial charge in [0.2, 0.25) is 10.0 Å². The van der Waals surface area contributed by atoms with Crippen LogP contribution in [0.5, 0.6) is 0 Å². The minimum atomic E-state index is -3.49. The van der Waals surface area contributed by atoms with Gasteiger partial charge >= 0.3 is 0 Å². The number of sulfonamides is 1. The minimum absolute atomic E-state index is 0. The lowest BCUT2D eigenvalue weighted by molar-refractivity contribution is 0.485. The normalized spacial score (nSPS) is 17.3. The molecular weight excluding hydrogens is 499 g/mol. The molecule has 0 spiro atoms. The highest BCUT2D eigenvalue weighted by Gasteiger charge is 2.26. The van der Waals surface area contributed by atoms with E-state index in [-0.39, 0.29) is 24.0 Å². The Labute approximate surface area is 191 Å². The Balaban J connectivity index is 0.00000300. The molecule has 2 aromatic carbocycles. The van der Waals surface area contributed by atoms with Crippen LogP contribution >= 0.6 is 24.0 Å². The fourth-order valence-corrected chi connectivity index (χ4v) is 4.67. The maximum atomic E-state index is 12.6. The van der Waals surface area contributed by atoms with E-state index in [1.54, 1.807) is 33.3 Å². The van der Waals surface area contributed by atoms with Crippen molar-refractivity contribution in [3.05, 3.63) is 65.7 Å². The summed E-state index contributed by atoms with van der Waals surface area (Å²) in [5.74, 6) is 1.29. The highest BCUT2D eigenvalue weighted by atomic mass is 127. The average molecular weight is 528 g/mol. The molecule has 0 aliphatic carbocycles. The van der Waals surface area contributed by atoms with E-state index >= 15 is 0 Å². The van der Waals surface area contributed by atoms with E-state index in [0.717, 1.165) is 31.0 Å². The van der Waals surface area contributed by atoms with Crippen LogP contribution in [0.15, 0.2) is 64.5 Å². The monoisotopic (exact) mass is 528 g/mol. The first kappa shape index (κ1) is 23.6. The first-order chi connectivity index (χ1) is 13.4. The second-order valence-corrected chi connectivity index (χ2v) is 9.26. The summed E-state index contributed by atoms with van der Waals surface area (Å²) in [6, 6.07) is 17.6. The van der Waals surface area contributed by atoms with Gasteiger partial charge in [0.1, 0.15) is 0 Å². The Kier molecular flexibility index (Phi) is 8.47. The second kappa shape index (κ2) is 10.4. The fourth-order valence-electron chi connectivity index (χ4n) is 3.55.